The Balaban J connectivity index is 1.58. The Bertz CT molecular complexity index is 1390. The number of ether oxygens (including phenoxy) is 3. The molecule has 5 nitrogen and oxygen atoms in total. The summed E-state index contributed by atoms with van der Waals surface area (Å²) in [7, 11) is 0. The second kappa shape index (κ2) is 11.4. The summed E-state index contributed by atoms with van der Waals surface area (Å²) in [5.41, 5.74) is 4.04. The summed E-state index contributed by atoms with van der Waals surface area (Å²) in [6, 6.07) is 12.3. The van der Waals surface area contributed by atoms with E-state index < -0.39 is 0 Å². The maximum absolute atomic E-state index is 12.1. The van der Waals surface area contributed by atoms with Gasteiger partial charge in [0.05, 0.1) is 0 Å². The van der Waals surface area contributed by atoms with E-state index >= 15 is 0 Å². The van der Waals surface area contributed by atoms with E-state index in [0.29, 0.717) is 18.1 Å². The standard InChI is InChI=1S/C37H46O5/c1-8-10-26-12-14-30(40-24(3)38)28(20-26)29-21-27(11-9-2)13-15-31(29)42-34-22-35(5,6)32-16-18-36(7)23-37(32,34)19-17-33(36)41-25(4)39/h8-9,12-15,20-21,32-34H,1-2,10-11,16-19,22-23H2,3-7H3/t32-,33+,34-,36+,37-/m0/s1. The maximum atomic E-state index is 12.1. The Hall–Kier alpha value is -3.34. The molecule has 3 aliphatic rings. The first kappa shape index (κ1) is 30.1. The third kappa shape index (κ3) is 5.55. The number of benzene rings is 2. The molecule has 3 saturated carbocycles. The van der Waals surface area contributed by atoms with Crippen LogP contribution in [0.2, 0.25) is 0 Å². The van der Waals surface area contributed by atoms with E-state index in [9.17, 15) is 9.59 Å². The second-order valence-electron chi connectivity index (χ2n) is 13.8. The van der Waals surface area contributed by atoms with Crippen LogP contribution in [-0.2, 0) is 27.2 Å². The average molecular weight is 571 g/mol. The molecule has 2 aromatic rings. The Morgan fingerprint density at radius 3 is 2.07 bits per heavy atom. The van der Waals surface area contributed by atoms with E-state index in [1.165, 1.54) is 13.8 Å². The van der Waals surface area contributed by atoms with E-state index in [-0.39, 0.29) is 40.4 Å². The highest BCUT2D eigenvalue weighted by molar-refractivity contribution is 5.80. The molecule has 2 aromatic carbocycles. The number of fused-ring (bicyclic) bond motifs is 1. The van der Waals surface area contributed by atoms with Crippen molar-refractivity contribution in [2.45, 2.75) is 98.2 Å². The molecule has 0 unspecified atom stereocenters. The fourth-order valence-electron chi connectivity index (χ4n) is 8.73. The molecule has 0 amide bonds. The molecule has 5 rings (SSSR count). The highest BCUT2D eigenvalue weighted by atomic mass is 16.5. The van der Waals surface area contributed by atoms with Crippen molar-refractivity contribution in [3.8, 4) is 22.6 Å². The van der Waals surface area contributed by atoms with E-state index in [1.807, 2.05) is 24.3 Å². The predicted octanol–water partition coefficient (Wildman–Crippen LogP) is 8.43. The number of carbonyl (C=O) groups excluding carboxylic acids is 2. The van der Waals surface area contributed by atoms with Crippen molar-refractivity contribution in [3.05, 3.63) is 72.8 Å². The molecular weight excluding hydrogens is 524 g/mol. The van der Waals surface area contributed by atoms with Gasteiger partial charge in [-0.15, -0.1) is 13.2 Å². The number of rotatable bonds is 9. The van der Waals surface area contributed by atoms with Crippen molar-refractivity contribution in [2.75, 3.05) is 0 Å². The minimum Gasteiger partial charge on any atom is -0.489 e. The minimum absolute atomic E-state index is 0.00755. The number of esters is 2. The molecule has 3 fully saturated rings. The van der Waals surface area contributed by atoms with Crippen LogP contribution in [0.4, 0.5) is 0 Å². The van der Waals surface area contributed by atoms with Crippen LogP contribution >= 0.6 is 0 Å². The molecule has 5 atom stereocenters. The summed E-state index contributed by atoms with van der Waals surface area (Å²) < 4.78 is 18.8. The van der Waals surface area contributed by atoms with Gasteiger partial charge in [0.2, 0.25) is 0 Å². The molecule has 3 aliphatic carbocycles. The first-order chi connectivity index (χ1) is 19.9. The van der Waals surface area contributed by atoms with Crippen molar-refractivity contribution in [1.29, 1.82) is 0 Å². The van der Waals surface area contributed by atoms with Crippen molar-refractivity contribution in [2.24, 2.45) is 22.2 Å². The van der Waals surface area contributed by atoms with E-state index in [1.54, 1.807) is 0 Å². The highest BCUT2D eigenvalue weighted by Crippen LogP contribution is 2.69. The number of hydrogen-bond acceptors (Lipinski definition) is 5. The summed E-state index contributed by atoms with van der Waals surface area (Å²) in [4.78, 5) is 24.1. The van der Waals surface area contributed by atoms with Crippen molar-refractivity contribution in [1.82, 2.24) is 0 Å². The first-order valence-corrected chi connectivity index (χ1v) is 15.4. The number of allylic oxidation sites excluding steroid dienone is 2. The summed E-state index contributed by atoms with van der Waals surface area (Å²) in [6.45, 7) is 17.9. The van der Waals surface area contributed by atoms with Crippen molar-refractivity contribution >= 4 is 11.9 Å². The quantitative estimate of drug-likeness (QED) is 0.172. The van der Waals surface area contributed by atoms with Crippen LogP contribution in [-0.4, -0.2) is 24.1 Å². The normalized spacial score (nSPS) is 29.2. The van der Waals surface area contributed by atoms with Gasteiger partial charge in [-0.3, -0.25) is 9.59 Å². The van der Waals surface area contributed by atoms with Gasteiger partial charge in [0, 0.05) is 35.8 Å². The van der Waals surface area contributed by atoms with Crippen LogP contribution < -0.4 is 9.47 Å². The molecule has 224 valence electrons. The summed E-state index contributed by atoms with van der Waals surface area (Å²) in [6.07, 6.45) is 11.2. The molecule has 0 aliphatic heterocycles. The molecule has 2 bridgehead atoms. The molecule has 5 heteroatoms. The zero-order chi connectivity index (χ0) is 30.3. The lowest BCUT2D eigenvalue weighted by atomic mass is 9.49. The van der Waals surface area contributed by atoms with E-state index in [4.69, 9.17) is 14.2 Å². The van der Waals surface area contributed by atoms with Crippen LogP contribution in [0.15, 0.2) is 61.7 Å². The Kier molecular flexibility index (Phi) is 8.17. The van der Waals surface area contributed by atoms with Crippen LogP contribution in [0.5, 0.6) is 11.5 Å². The Labute approximate surface area is 251 Å². The van der Waals surface area contributed by atoms with Gasteiger partial charge < -0.3 is 14.2 Å². The minimum atomic E-state index is -0.359. The van der Waals surface area contributed by atoms with Gasteiger partial charge in [-0.1, -0.05) is 45.1 Å². The summed E-state index contributed by atoms with van der Waals surface area (Å²) >= 11 is 0. The van der Waals surface area contributed by atoms with E-state index in [2.05, 4.69) is 58.2 Å². The lowest BCUT2D eigenvalue weighted by molar-refractivity contribution is -0.177. The van der Waals surface area contributed by atoms with Gasteiger partial charge in [-0.25, -0.2) is 0 Å². The van der Waals surface area contributed by atoms with Gasteiger partial charge in [0.25, 0.3) is 0 Å². The largest absolute Gasteiger partial charge is 0.489 e. The topological polar surface area (TPSA) is 61.8 Å². The van der Waals surface area contributed by atoms with Gasteiger partial charge in [-0.05, 0) is 98.1 Å². The molecule has 42 heavy (non-hydrogen) atoms. The molecule has 1 spiro atoms. The highest BCUT2D eigenvalue weighted by Gasteiger charge is 2.66. The van der Waals surface area contributed by atoms with E-state index in [0.717, 1.165) is 72.9 Å². The van der Waals surface area contributed by atoms with Crippen LogP contribution in [0.1, 0.15) is 84.3 Å². The molecular formula is C37H46O5. The lowest BCUT2D eigenvalue weighted by Crippen LogP contribution is -2.56. The van der Waals surface area contributed by atoms with Crippen LogP contribution in [0.3, 0.4) is 0 Å². The molecule has 0 radical (unpaired) electrons. The predicted molar refractivity (Wildman–Crippen MR) is 166 cm³/mol. The third-order valence-electron chi connectivity index (χ3n) is 10.3. The SMILES string of the molecule is C=CCc1ccc(OC(C)=O)c(-c2cc(CC=C)ccc2O[C@H]2CC(C)(C)[C@@H]3CC[C@]4(C)C[C@]23CC[C@H]4OC(C)=O)c1. The first-order valence-electron chi connectivity index (χ1n) is 15.4. The van der Waals surface area contributed by atoms with Gasteiger partial charge >= 0.3 is 11.9 Å². The number of hydrogen-bond donors (Lipinski definition) is 0. The Morgan fingerprint density at radius 1 is 0.857 bits per heavy atom. The van der Waals surface area contributed by atoms with Gasteiger partial charge in [0.1, 0.15) is 23.7 Å². The zero-order valence-corrected chi connectivity index (χ0v) is 26.0. The smallest absolute Gasteiger partial charge is 0.308 e. The maximum Gasteiger partial charge on any atom is 0.308 e. The third-order valence-corrected chi connectivity index (χ3v) is 10.3. The molecule has 0 aromatic heterocycles. The molecule has 0 heterocycles. The van der Waals surface area contributed by atoms with Crippen molar-refractivity contribution in [3.63, 3.8) is 0 Å². The average Bonchev–Trinajstić information content (AvgIpc) is 3.12. The Morgan fingerprint density at radius 2 is 1.48 bits per heavy atom. The van der Waals surface area contributed by atoms with Crippen molar-refractivity contribution < 1.29 is 23.8 Å². The lowest BCUT2D eigenvalue weighted by Gasteiger charge is -2.58. The molecule has 0 saturated heterocycles. The van der Waals surface area contributed by atoms with Crippen LogP contribution in [0, 0.1) is 22.2 Å². The zero-order valence-electron chi connectivity index (χ0n) is 26.0. The fraction of sp³-hybridized carbons (Fsp3) is 0.514. The summed E-state index contributed by atoms with van der Waals surface area (Å²) in [5.74, 6) is 1.31. The summed E-state index contributed by atoms with van der Waals surface area (Å²) in [5, 5.41) is 0. The number of carbonyl (C=O) groups is 2. The van der Waals surface area contributed by atoms with Gasteiger partial charge in [-0.2, -0.15) is 0 Å². The van der Waals surface area contributed by atoms with Crippen LogP contribution in [0.25, 0.3) is 11.1 Å². The fourth-order valence-corrected chi connectivity index (χ4v) is 8.73. The molecule has 0 N–H and O–H groups in total. The second-order valence-corrected chi connectivity index (χ2v) is 13.8. The van der Waals surface area contributed by atoms with Gasteiger partial charge in [0.15, 0.2) is 0 Å². The monoisotopic (exact) mass is 570 g/mol.